The number of benzene rings is 1. The minimum atomic E-state index is -0.878. The number of aromatic nitrogens is 1. The molecule has 1 atom stereocenters. The molecule has 0 aliphatic carbocycles. The van der Waals surface area contributed by atoms with Gasteiger partial charge in [-0.25, -0.2) is 0 Å². The maximum atomic E-state index is 12.9. The molecule has 0 radical (unpaired) electrons. The lowest BCUT2D eigenvalue weighted by Crippen LogP contribution is -2.49. The van der Waals surface area contributed by atoms with E-state index in [4.69, 9.17) is 0 Å². The first-order chi connectivity index (χ1) is 10.7. The van der Waals surface area contributed by atoms with E-state index < -0.39 is 4.87 Å². The molecule has 2 aliphatic heterocycles. The Balaban J connectivity index is 1.71. The third-order valence-electron chi connectivity index (χ3n) is 3.95. The van der Waals surface area contributed by atoms with Gasteiger partial charge in [0, 0.05) is 17.5 Å². The Morgan fingerprint density at radius 2 is 2.14 bits per heavy atom. The smallest absolute Gasteiger partial charge is 0.261 e. The van der Waals surface area contributed by atoms with Crippen molar-refractivity contribution in [1.82, 2.24) is 4.98 Å². The molecular weight excluding hydrogens is 298 g/mol. The van der Waals surface area contributed by atoms with Gasteiger partial charge in [0.1, 0.15) is 0 Å². The van der Waals surface area contributed by atoms with Crippen molar-refractivity contribution in [2.45, 2.75) is 22.6 Å². The van der Waals surface area contributed by atoms with Crippen LogP contribution in [-0.4, -0.2) is 21.7 Å². The summed E-state index contributed by atoms with van der Waals surface area (Å²) < 4.78 is 0. The summed E-state index contributed by atoms with van der Waals surface area (Å²) in [6.45, 7) is 0. The summed E-state index contributed by atoms with van der Waals surface area (Å²) in [5, 5.41) is 2.89. The van der Waals surface area contributed by atoms with Crippen LogP contribution in [0.1, 0.15) is 12.8 Å². The molecule has 0 unspecified atom stereocenters. The lowest BCUT2D eigenvalue weighted by Gasteiger charge is -2.29. The van der Waals surface area contributed by atoms with E-state index in [0.717, 1.165) is 10.6 Å². The second kappa shape index (κ2) is 4.84. The van der Waals surface area contributed by atoms with Crippen molar-refractivity contribution >= 4 is 35.0 Å². The second-order valence-corrected chi connectivity index (χ2v) is 6.60. The van der Waals surface area contributed by atoms with Crippen LogP contribution >= 0.6 is 11.8 Å². The van der Waals surface area contributed by atoms with Gasteiger partial charge in [0.25, 0.3) is 5.91 Å². The predicted octanol–water partition coefficient (Wildman–Crippen LogP) is 2.65. The van der Waals surface area contributed by atoms with Crippen LogP contribution in [0.3, 0.4) is 0 Å². The lowest BCUT2D eigenvalue weighted by atomic mass is 10.1. The molecule has 2 amide bonds. The molecule has 1 fully saturated rings. The molecule has 2 aromatic rings. The number of carbonyl (C=O) groups excluding carboxylic acids is 2. The zero-order valence-electron chi connectivity index (χ0n) is 11.7. The molecule has 1 aromatic heterocycles. The van der Waals surface area contributed by atoms with Crippen LogP contribution in [0.25, 0.3) is 0 Å². The van der Waals surface area contributed by atoms with E-state index in [0.29, 0.717) is 18.5 Å². The molecule has 22 heavy (non-hydrogen) atoms. The van der Waals surface area contributed by atoms with Gasteiger partial charge >= 0.3 is 0 Å². The summed E-state index contributed by atoms with van der Waals surface area (Å²) >= 11 is 1.46. The molecule has 0 spiro atoms. The molecule has 4 rings (SSSR count). The van der Waals surface area contributed by atoms with Gasteiger partial charge in [-0.3, -0.25) is 19.5 Å². The summed E-state index contributed by atoms with van der Waals surface area (Å²) in [4.78, 5) is 30.9. The summed E-state index contributed by atoms with van der Waals surface area (Å²) in [5.74, 6) is -0.175. The molecule has 1 aromatic carbocycles. The van der Waals surface area contributed by atoms with Crippen molar-refractivity contribution in [2.24, 2.45) is 0 Å². The molecule has 1 saturated heterocycles. The summed E-state index contributed by atoms with van der Waals surface area (Å²) in [6.07, 6.45) is 4.15. The van der Waals surface area contributed by atoms with Gasteiger partial charge in [-0.05, 0) is 30.7 Å². The lowest BCUT2D eigenvalue weighted by molar-refractivity contribution is -0.121. The van der Waals surface area contributed by atoms with Gasteiger partial charge < -0.3 is 5.32 Å². The minimum absolute atomic E-state index is 0.00112. The van der Waals surface area contributed by atoms with Gasteiger partial charge in [0.05, 0.1) is 17.6 Å². The maximum Gasteiger partial charge on any atom is 0.261 e. The van der Waals surface area contributed by atoms with Crippen LogP contribution in [0.15, 0.2) is 53.7 Å². The molecule has 3 heterocycles. The Morgan fingerprint density at radius 1 is 1.27 bits per heavy atom. The topological polar surface area (TPSA) is 62.3 Å². The molecule has 110 valence electrons. The molecule has 2 aliphatic rings. The van der Waals surface area contributed by atoms with Gasteiger partial charge in [0.2, 0.25) is 5.91 Å². The van der Waals surface area contributed by atoms with Crippen LogP contribution in [-0.2, 0) is 9.59 Å². The number of pyridine rings is 1. The van der Waals surface area contributed by atoms with Crippen LogP contribution in [0.5, 0.6) is 0 Å². The number of anilines is 2. The SMILES string of the molecule is O=C1CC[C@@]2(C(=O)Nc3cccnc3)Sc3ccccc3N12. The van der Waals surface area contributed by atoms with E-state index in [1.165, 1.54) is 11.8 Å². The van der Waals surface area contributed by atoms with Gasteiger partial charge in [-0.15, -0.1) is 0 Å². The van der Waals surface area contributed by atoms with Crippen LogP contribution in [0.4, 0.5) is 11.4 Å². The summed E-state index contributed by atoms with van der Waals surface area (Å²) in [5.41, 5.74) is 1.47. The number of nitrogens with zero attached hydrogens (tertiary/aromatic N) is 2. The molecule has 1 N–H and O–H groups in total. The Labute approximate surface area is 131 Å². The minimum Gasteiger partial charge on any atom is -0.322 e. The third-order valence-corrected chi connectivity index (χ3v) is 5.42. The van der Waals surface area contributed by atoms with E-state index in [2.05, 4.69) is 10.3 Å². The first-order valence-electron chi connectivity index (χ1n) is 7.03. The molecule has 5 nitrogen and oxygen atoms in total. The fourth-order valence-electron chi connectivity index (χ4n) is 2.96. The highest BCUT2D eigenvalue weighted by molar-refractivity contribution is 8.02. The van der Waals surface area contributed by atoms with Crippen molar-refractivity contribution in [1.29, 1.82) is 0 Å². The van der Waals surface area contributed by atoms with Crippen molar-refractivity contribution in [3.63, 3.8) is 0 Å². The predicted molar refractivity (Wildman–Crippen MR) is 84.6 cm³/mol. The summed E-state index contributed by atoms with van der Waals surface area (Å²) in [7, 11) is 0. The van der Waals surface area contributed by atoms with Crippen molar-refractivity contribution in [3.8, 4) is 0 Å². The number of fused-ring (bicyclic) bond motifs is 3. The van der Waals surface area contributed by atoms with Gasteiger partial charge in [-0.1, -0.05) is 23.9 Å². The molecule has 6 heteroatoms. The first-order valence-corrected chi connectivity index (χ1v) is 7.85. The Bertz CT molecular complexity index is 765. The van der Waals surface area contributed by atoms with E-state index in [1.54, 1.807) is 29.4 Å². The fraction of sp³-hybridized carbons (Fsp3) is 0.188. The van der Waals surface area contributed by atoms with E-state index in [1.807, 2.05) is 24.3 Å². The van der Waals surface area contributed by atoms with Crippen molar-refractivity contribution < 1.29 is 9.59 Å². The number of para-hydroxylation sites is 1. The highest BCUT2D eigenvalue weighted by atomic mass is 32.2. The van der Waals surface area contributed by atoms with Crippen LogP contribution in [0.2, 0.25) is 0 Å². The summed E-state index contributed by atoms with van der Waals surface area (Å²) in [6, 6.07) is 11.2. The van der Waals surface area contributed by atoms with Crippen molar-refractivity contribution in [2.75, 3.05) is 10.2 Å². The second-order valence-electron chi connectivity index (χ2n) is 5.28. The highest BCUT2D eigenvalue weighted by Crippen LogP contribution is 2.55. The van der Waals surface area contributed by atoms with Crippen LogP contribution < -0.4 is 10.2 Å². The average molecular weight is 311 g/mol. The fourth-order valence-corrected chi connectivity index (χ4v) is 4.38. The Hall–Kier alpha value is -2.34. The molecule has 0 saturated carbocycles. The first kappa shape index (κ1) is 13.3. The van der Waals surface area contributed by atoms with Gasteiger partial charge in [0.15, 0.2) is 4.87 Å². The third kappa shape index (κ3) is 1.84. The highest BCUT2D eigenvalue weighted by Gasteiger charge is 2.57. The number of nitrogens with one attached hydrogen (secondary N) is 1. The number of rotatable bonds is 2. The van der Waals surface area contributed by atoms with E-state index in [-0.39, 0.29) is 11.8 Å². The molecule has 0 bridgehead atoms. The average Bonchev–Trinajstić information content (AvgIpc) is 3.05. The monoisotopic (exact) mass is 311 g/mol. The number of hydrogen-bond acceptors (Lipinski definition) is 4. The Morgan fingerprint density at radius 3 is 2.95 bits per heavy atom. The number of thioether (sulfide) groups is 1. The van der Waals surface area contributed by atoms with Crippen LogP contribution in [0, 0.1) is 0 Å². The number of amides is 2. The quantitative estimate of drug-likeness (QED) is 0.926. The zero-order chi connectivity index (χ0) is 15.2. The largest absolute Gasteiger partial charge is 0.322 e. The standard InChI is InChI=1S/C16H13N3O2S/c20-14-7-8-16(15(21)18-11-4-3-9-17-10-11)19(14)12-5-1-2-6-13(12)22-16/h1-6,9-10H,7-8H2,(H,18,21)/t16-/m0/s1. The Kier molecular flexibility index (Phi) is 2.94. The number of carbonyl (C=O) groups is 2. The van der Waals surface area contributed by atoms with E-state index >= 15 is 0 Å². The maximum absolute atomic E-state index is 12.9. The molecular formula is C16H13N3O2S. The zero-order valence-corrected chi connectivity index (χ0v) is 12.5. The van der Waals surface area contributed by atoms with Gasteiger partial charge in [-0.2, -0.15) is 0 Å². The normalized spacial score (nSPS) is 22.4. The van der Waals surface area contributed by atoms with Crippen molar-refractivity contribution in [3.05, 3.63) is 48.8 Å². The van der Waals surface area contributed by atoms with E-state index in [9.17, 15) is 9.59 Å². The number of hydrogen-bond donors (Lipinski definition) is 1.